The van der Waals surface area contributed by atoms with Crippen LogP contribution in [0.4, 0.5) is 0 Å². The van der Waals surface area contributed by atoms with Gasteiger partial charge >= 0.3 is 0 Å². The van der Waals surface area contributed by atoms with Crippen molar-refractivity contribution in [2.24, 2.45) is 17.6 Å². The Kier molecular flexibility index (Phi) is 3.19. The normalized spacial score (nSPS) is 41.4. The Morgan fingerprint density at radius 1 is 1.38 bits per heavy atom. The van der Waals surface area contributed by atoms with E-state index < -0.39 is 0 Å². The second-order valence-electron chi connectivity index (χ2n) is 4.29. The van der Waals surface area contributed by atoms with Crippen molar-refractivity contribution in [3.63, 3.8) is 0 Å². The lowest BCUT2D eigenvalue weighted by Crippen LogP contribution is -2.40. The van der Waals surface area contributed by atoms with Crippen molar-refractivity contribution < 1.29 is 4.79 Å². The first-order valence-corrected chi connectivity index (χ1v) is 4.72. The van der Waals surface area contributed by atoms with E-state index in [0.29, 0.717) is 0 Å². The van der Waals surface area contributed by atoms with Crippen LogP contribution in [-0.2, 0) is 4.79 Å². The Labute approximate surface area is 84.9 Å². The Morgan fingerprint density at radius 2 is 1.92 bits per heavy atom. The number of hydrogen-bond donors (Lipinski definition) is 2. The molecule has 76 valence electrons. The van der Waals surface area contributed by atoms with Crippen LogP contribution in [0.2, 0.25) is 0 Å². The highest BCUT2D eigenvalue weighted by Gasteiger charge is 2.38. The summed E-state index contributed by atoms with van der Waals surface area (Å²) < 4.78 is 0. The quantitative estimate of drug-likeness (QED) is 0.695. The average molecular weight is 205 g/mol. The van der Waals surface area contributed by atoms with Gasteiger partial charge in [-0.3, -0.25) is 4.79 Å². The van der Waals surface area contributed by atoms with Crippen LogP contribution >= 0.6 is 12.4 Å². The van der Waals surface area contributed by atoms with Gasteiger partial charge in [0.2, 0.25) is 5.91 Å². The van der Waals surface area contributed by atoms with Crippen LogP contribution in [0.1, 0.15) is 26.2 Å². The van der Waals surface area contributed by atoms with Gasteiger partial charge in [-0.05, 0) is 25.2 Å². The molecule has 2 unspecified atom stereocenters. The molecule has 1 amide bonds. The molecule has 3 N–H and O–H groups in total. The maximum atomic E-state index is 11.4. The largest absolute Gasteiger partial charge is 0.352 e. The monoisotopic (exact) mass is 204 g/mol. The Morgan fingerprint density at radius 3 is 2.31 bits per heavy atom. The number of nitrogens with one attached hydrogen (secondary N) is 1. The van der Waals surface area contributed by atoms with E-state index in [2.05, 4.69) is 12.2 Å². The van der Waals surface area contributed by atoms with Crippen LogP contribution in [0.15, 0.2) is 0 Å². The third kappa shape index (κ3) is 2.35. The molecule has 2 rings (SSSR count). The van der Waals surface area contributed by atoms with E-state index in [1.807, 2.05) is 0 Å². The van der Waals surface area contributed by atoms with E-state index in [-0.39, 0.29) is 36.3 Å². The summed E-state index contributed by atoms with van der Waals surface area (Å²) in [5, 5.41) is 2.96. The predicted octanol–water partition coefficient (Wildman–Crippen LogP) is 0.670. The van der Waals surface area contributed by atoms with Crippen LogP contribution < -0.4 is 11.1 Å². The zero-order valence-electron chi connectivity index (χ0n) is 7.82. The molecule has 0 aliphatic heterocycles. The molecular weight excluding hydrogens is 188 g/mol. The van der Waals surface area contributed by atoms with Crippen molar-refractivity contribution in [2.45, 2.75) is 38.3 Å². The van der Waals surface area contributed by atoms with Crippen molar-refractivity contribution in [3.05, 3.63) is 0 Å². The standard InChI is InChI=1S/C9H16N2O.ClH/c1-5-2-6(3-5)9(12)11-8-4-7(8)10;/h5-8H,2-4,10H2,1H3,(H,11,12);1H. The number of carbonyl (C=O) groups is 1. The number of halogens is 1. The molecule has 2 fully saturated rings. The summed E-state index contributed by atoms with van der Waals surface area (Å²) in [7, 11) is 0. The molecule has 0 spiro atoms. The fraction of sp³-hybridized carbons (Fsp3) is 0.889. The maximum absolute atomic E-state index is 11.4. The highest BCUT2D eigenvalue weighted by Crippen LogP contribution is 2.33. The van der Waals surface area contributed by atoms with Gasteiger partial charge in [-0.1, -0.05) is 6.92 Å². The van der Waals surface area contributed by atoms with Gasteiger partial charge in [-0.2, -0.15) is 0 Å². The first-order valence-electron chi connectivity index (χ1n) is 4.72. The fourth-order valence-corrected chi connectivity index (χ4v) is 1.80. The van der Waals surface area contributed by atoms with Gasteiger partial charge in [-0.25, -0.2) is 0 Å². The summed E-state index contributed by atoms with van der Waals surface area (Å²) in [6.45, 7) is 2.19. The molecule has 13 heavy (non-hydrogen) atoms. The van der Waals surface area contributed by atoms with E-state index in [1.54, 1.807) is 0 Å². The molecule has 0 aromatic rings. The number of rotatable bonds is 2. The lowest BCUT2D eigenvalue weighted by atomic mass is 9.76. The number of nitrogens with two attached hydrogens (primary N) is 1. The van der Waals surface area contributed by atoms with E-state index in [4.69, 9.17) is 5.73 Å². The van der Waals surface area contributed by atoms with Gasteiger partial charge in [0.15, 0.2) is 0 Å². The van der Waals surface area contributed by atoms with Crippen LogP contribution in [-0.4, -0.2) is 18.0 Å². The van der Waals surface area contributed by atoms with Crippen molar-refractivity contribution in [1.82, 2.24) is 5.32 Å². The Balaban J connectivity index is 0.000000845. The molecule has 0 radical (unpaired) electrons. The summed E-state index contributed by atoms with van der Waals surface area (Å²) in [6.07, 6.45) is 3.09. The van der Waals surface area contributed by atoms with Crippen molar-refractivity contribution in [1.29, 1.82) is 0 Å². The topological polar surface area (TPSA) is 55.1 Å². The number of carbonyl (C=O) groups excluding carboxylic acids is 1. The first kappa shape index (κ1) is 10.8. The highest BCUT2D eigenvalue weighted by molar-refractivity contribution is 5.85. The van der Waals surface area contributed by atoms with Gasteiger partial charge < -0.3 is 11.1 Å². The minimum absolute atomic E-state index is 0. The SMILES string of the molecule is CC1CC(C(=O)NC2CC2N)C1.Cl. The Bertz CT molecular complexity index is 204. The van der Waals surface area contributed by atoms with Crippen LogP contribution in [0.3, 0.4) is 0 Å². The molecule has 0 aromatic heterocycles. The molecule has 2 saturated carbocycles. The molecule has 0 heterocycles. The van der Waals surface area contributed by atoms with Crippen LogP contribution in [0.5, 0.6) is 0 Å². The second-order valence-corrected chi connectivity index (χ2v) is 4.29. The van der Waals surface area contributed by atoms with Crippen molar-refractivity contribution >= 4 is 18.3 Å². The molecule has 0 saturated heterocycles. The average Bonchev–Trinajstić information content (AvgIpc) is 2.60. The summed E-state index contributed by atoms with van der Waals surface area (Å²) in [4.78, 5) is 11.4. The lowest BCUT2D eigenvalue weighted by molar-refractivity contribution is -0.129. The van der Waals surface area contributed by atoms with E-state index in [9.17, 15) is 4.79 Å². The van der Waals surface area contributed by atoms with E-state index in [1.165, 1.54) is 0 Å². The summed E-state index contributed by atoms with van der Waals surface area (Å²) >= 11 is 0. The summed E-state index contributed by atoms with van der Waals surface area (Å²) in [5.41, 5.74) is 5.59. The highest BCUT2D eigenvalue weighted by atomic mass is 35.5. The summed E-state index contributed by atoms with van der Waals surface area (Å²) in [6, 6.07) is 0.514. The molecule has 2 aliphatic rings. The third-order valence-electron chi connectivity index (χ3n) is 2.91. The molecule has 4 heteroatoms. The fourth-order valence-electron chi connectivity index (χ4n) is 1.80. The molecular formula is C9H17ClN2O. The maximum Gasteiger partial charge on any atom is 0.223 e. The molecule has 0 bridgehead atoms. The second kappa shape index (κ2) is 3.84. The van der Waals surface area contributed by atoms with Gasteiger partial charge in [-0.15, -0.1) is 12.4 Å². The molecule has 2 aliphatic carbocycles. The van der Waals surface area contributed by atoms with Gasteiger partial charge in [0.25, 0.3) is 0 Å². The summed E-state index contributed by atoms with van der Waals surface area (Å²) in [5.74, 6) is 1.26. The predicted molar refractivity (Wildman–Crippen MR) is 53.7 cm³/mol. The molecule has 3 nitrogen and oxygen atoms in total. The van der Waals surface area contributed by atoms with Gasteiger partial charge in [0.1, 0.15) is 0 Å². The Hall–Kier alpha value is -0.280. The van der Waals surface area contributed by atoms with Crippen molar-refractivity contribution in [3.8, 4) is 0 Å². The van der Waals surface area contributed by atoms with E-state index >= 15 is 0 Å². The van der Waals surface area contributed by atoms with Crippen LogP contribution in [0.25, 0.3) is 0 Å². The van der Waals surface area contributed by atoms with Gasteiger partial charge in [0.05, 0.1) is 0 Å². The zero-order valence-corrected chi connectivity index (χ0v) is 8.64. The smallest absolute Gasteiger partial charge is 0.223 e. The van der Waals surface area contributed by atoms with E-state index in [0.717, 1.165) is 25.2 Å². The minimum Gasteiger partial charge on any atom is -0.352 e. The first-order chi connectivity index (χ1) is 5.66. The number of amides is 1. The lowest BCUT2D eigenvalue weighted by Gasteiger charge is -2.31. The zero-order chi connectivity index (χ0) is 8.72. The third-order valence-corrected chi connectivity index (χ3v) is 2.91. The minimum atomic E-state index is 0. The molecule has 2 atom stereocenters. The van der Waals surface area contributed by atoms with Crippen molar-refractivity contribution in [2.75, 3.05) is 0 Å². The van der Waals surface area contributed by atoms with Crippen LogP contribution in [0, 0.1) is 11.8 Å². The van der Waals surface area contributed by atoms with Gasteiger partial charge in [0, 0.05) is 18.0 Å². The molecule has 0 aromatic carbocycles. The number of hydrogen-bond acceptors (Lipinski definition) is 2.